The molecule has 0 spiro atoms. The van der Waals surface area contributed by atoms with Crippen molar-refractivity contribution in [3.8, 4) is 0 Å². The van der Waals surface area contributed by atoms with E-state index in [4.69, 9.17) is 5.73 Å². The predicted molar refractivity (Wildman–Crippen MR) is 60.1 cm³/mol. The normalized spacial score (nSPS) is 11.1. The number of nitrogens with two attached hydrogens (primary N) is 1. The third kappa shape index (κ3) is 3.21. The fourth-order valence-corrected chi connectivity index (χ4v) is 2.05. The highest BCUT2D eigenvalue weighted by Crippen LogP contribution is 2.11. The Bertz CT molecular complexity index is 485. The van der Waals surface area contributed by atoms with Crippen molar-refractivity contribution in [3.05, 3.63) is 24.3 Å². The molecule has 0 bridgehead atoms. The lowest BCUT2D eigenvalue weighted by Crippen LogP contribution is -2.35. The van der Waals surface area contributed by atoms with Crippen LogP contribution >= 0.6 is 0 Å². The highest BCUT2D eigenvalue weighted by molar-refractivity contribution is 7.89. The first-order valence-electron chi connectivity index (χ1n) is 4.51. The fourth-order valence-electron chi connectivity index (χ4n) is 1.01. The number of carbonyl (C=O) groups is 1. The molecular formula is C9H13N3O3S. The summed E-state index contributed by atoms with van der Waals surface area (Å²) in [7, 11) is -2.25. The largest absolute Gasteiger partial charge is 0.399 e. The molecule has 0 fully saturated rings. The molecular weight excluding hydrogens is 230 g/mol. The van der Waals surface area contributed by atoms with Crippen LogP contribution in [0.5, 0.6) is 0 Å². The summed E-state index contributed by atoms with van der Waals surface area (Å²) in [4.78, 5) is 10.9. The van der Waals surface area contributed by atoms with Gasteiger partial charge in [0, 0.05) is 12.7 Å². The molecule has 0 radical (unpaired) electrons. The zero-order valence-corrected chi connectivity index (χ0v) is 9.54. The van der Waals surface area contributed by atoms with Gasteiger partial charge in [-0.05, 0) is 18.2 Å². The topological polar surface area (TPSA) is 101 Å². The summed E-state index contributed by atoms with van der Waals surface area (Å²) in [5.41, 5.74) is 5.82. The first-order valence-corrected chi connectivity index (χ1v) is 6.00. The van der Waals surface area contributed by atoms with Gasteiger partial charge in [0.25, 0.3) is 0 Å². The number of nitrogens with one attached hydrogen (secondary N) is 2. The van der Waals surface area contributed by atoms with E-state index in [0.717, 1.165) is 0 Å². The molecule has 1 amide bonds. The van der Waals surface area contributed by atoms with Crippen molar-refractivity contribution in [2.75, 3.05) is 19.3 Å². The van der Waals surface area contributed by atoms with Crippen LogP contribution < -0.4 is 15.8 Å². The van der Waals surface area contributed by atoms with Crippen LogP contribution in [-0.2, 0) is 14.8 Å². The van der Waals surface area contributed by atoms with Crippen LogP contribution in [0.4, 0.5) is 5.69 Å². The van der Waals surface area contributed by atoms with E-state index < -0.39 is 15.9 Å². The molecule has 4 N–H and O–H groups in total. The Kier molecular flexibility index (Phi) is 3.86. The van der Waals surface area contributed by atoms with E-state index in [1.807, 2.05) is 0 Å². The molecule has 0 heterocycles. The van der Waals surface area contributed by atoms with Crippen LogP contribution in [0.2, 0.25) is 0 Å². The van der Waals surface area contributed by atoms with Crippen molar-refractivity contribution in [1.29, 1.82) is 0 Å². The third-order valence-electron chi connectivity index (χ3n) is 1.87. The molecule has 0 unspecified atom stereocenters. The van der Waals surface area contributed by atoms with Gasteiger partial charge >= 0.3 is 0 Å². The molecule has 1 aromatic carbocycles. The van der Waals surface area contributed by atoms with Gasteiger partial charge in [-0.2, -0.15) is 0 Å². The Hall–Kier alpha value is -1.60. The molecule has 1 rings (SSSR count). The lowest BCUT2D eigenvalue weighted by Gasteiger charge is -2.06. The zero-order chi connectivity index (χ0) is 12.2. The van der Waals surface area contributed by atoms with Crippen molar-refractivity contribution in [2.45, 2.75) is 4.90 Å². The van der Waals surface area contributed by atoms with E-state index in [2.05, 4.69) is 10.0 Å². The van der Waals surface area contributed by atoms with E-state index in [0.29, 0.717) is 5.69 Å². The van der Waals surface area contributed by atoms with E-state index in [9.17, 15) is 13.2 Å². The van der Waals surface area contributed by atoms with Crippen LogP contribution in [0, 0.1) is 0 Å². The minimum Gasteiger partial charge on any atom is -0.399 e. The van der Waals surface area contributed by atoms with Crippen LogP contribution in [0.1, 0.15) is 0 Å². The first-order chi connectivity index (χ1) is 7.45. The summed E-state index contributed by atoms with van der Waals surface area (Å²) >= 11 is 0. The average Bonchev–Trinajstić information content (AvgIpc) is 2.26. The molecule has 0 aliphatic heterocycles. The molecule has 1 aromatic rings. The van der Waals surface area contributed by atoms with Crippen LogP contribution in [0.3, 0.4) is 0 Å². The van der Waals surface area contributed by atoms with Gasteiger partial charge in [0.1, 0.15) is 0 Å². The molecule has 6 nitrogen and oxygen atoms in total. The lowest BCUT2D eigenvalue weighted by molar-refractivity contribution is -0.119. The zero-order valence-electron chi connectivity index (χ0n) is 8.73. The highest BCUT2D eigenvalue weighted by Gasteiger charge is 2.14. The second kappa shape index (κ2) is 4.95. The van der Waals surface area contributed by atoms with Crippen molar-refractivity contribution in [1.82, 2.24) is 10.0 Å². The molecule has 0 saturated heterocycles. The summed E-state index contributed by atoms with van der Waals surface area (Å²) in [5.74, 6) is -0.410. The van der Waals surface area contributed by atoms with Crippen LogP contribution in [0.15, 0.2) is 29.2 Å². The standard InChI is InChI=1S/C9H13N3O3S/c1-11-9(13)6-12-16(14,15)8-4-2-3-7(10)5-8/h2-5,12H,6,10H2,1H3,(H,11,13). The molecule has 7 heteroatoms. The third-order valence-corrected chi connectivity index (χ3v) is 3.27. The number of benzene rings is 1. The van der Waals surface area contributed by atoms with Gasteiger partial charge in [0.15, 0.2) is 0 Å². The Morgan fingerprint density at radius 2 is 2.12 bits per heavy atom. The number of hydrogen-bond acceptors (Lipinski definition) is 4. The SMILES string of the molecule is CNC(=O)CNS(=O)(=O)c1cccc(N)c1. The van der Waals surface area contributed by atoms with Gasteiger partial charge in [0.05, 0.1) is 11.4 Å². The van der Waals surface area contributed by atoms with Gasteiger partial charge in [-0.3, -0.25) is 4.79 Å². The number of carbonyl (C=O) groups excluding carboxylic acids is 1. The predicted octanol–water partition coefficient (Wildman–Crippen LogP) is -0.707. The number of sulfonamides is 1. The number of amides is 1. The molecule has 0 aliphatic carbocycles. The molecule has 88 valence electrons. The number of hydrogen-bond donors (Lipinski definition) is 3. The summed E-state index contributed by atoms with van der Waals surface area (Å²) < 4.78 is 25.5. The van der Waals surface area contributed by atoms with Gasteiger partial charge in [-0.15, -0.1) is 0 Å². The maximum Gasteiger partial charge on any atom is 0.241 e. The fraction of sp³-hybridized carbons (Fsp3) is 0.222. The summed E-state index contributed by atoms with van der Waals surface area (Å²) in [6.07, 6.45) is 0. The van der Waals surface area contributed by atoms with E-state index in [-0.39, 0.29) is 11.4 Å². The molecule has 0 atom stereocenters. The minimum atomic E-state index is -3.68. The van der Waals surface area contributed by atoms with Gasteiger partial charge < -0.3 is 11.1 Å². The number of rotatable bonds is 4. The quantitative estimate of drug-likeness (QED) is 0.608. The van der Waals surface area contributed by atoms with Crippen molar-refractivity contribution in [2.24, 2.45) is 0 Å². The second-order valence-electron chi connectivity index (χ2n) is 3.07. The average molecular weight is 243 g/mol. The Labute approximate surface area is 93.9 Å². The lowest BCUT2D eigenvalue weighted by atomic mass is 10.3. The molecule has 0 aliphatic rings. The number of nitrogen functional groups attached to an aromatic ring is 1. The Morgan fingerprint density at radius 3 is 2.69 bits per heavy atom. The second-order valence-corrected chi connectivity index (χ2v) is 4.84. The maximum atomic E-state index is 11.7. The summed E-state index contributed by atoms with van der Waals surface area (Å²) in [6, 6.07) is 5.84. The summed E-state index contributed by atoms with van der Waals surface area (Å²) in [5, 5.41) is 2.31. The smallest absolute Gasteiger partial charge is 0.241 e. The van der Waals surface area contributed by atoms with Crippen molar-refractivity contribution < 1.29 is 13.2 Å². The van der Waals surface area contributed by atoms with Gasteiger partial charge in [-0.1, -0.05) is 6.07 Å². The Morgan fingerprint density at radius 1 is 1.44 bits per heavy atom. The van der Waals surface area contributed by atoms with E-state index in [1.54, 1.807) is 6.07 Å². The summed E-state index contributed by atoms with van der Waals surface area (Å²) in [6.45, 7) is -0.298. The van der Waals surface area contributed by atoms with Crippen LogP contribution in [0.25, 0.3) is 0 Å². The Balaban J connectivity index is 2.82. The monoisotopic (exact) mass is 243 g/mol. The van der Waals surface area contributed by atoms with Crippen LogP contribution in [-0.4, -0.2) is 27.9 Å². The number of likely N-dealkylation sites (N-methyl/N-ethyl adjacent to an activating group) is 1. The van der Waals surface area contributed by atoms with E-state index >= 15 is 0 Å². The molecule has 0 saturated carbocycles. The van der Waals surface area contributed by atoms with Gasteiger partial charge in [-0.25, -0.2) is 13.1 Å². The highest BCUT2D eigenvalue weighted by atomic mass is 32.2. The maximum absolute atomic E-state index is 11.7. The number of anilines is 1. The van der Waals surface area contributed by atoms with Gasteiger partial charge in [0.2, 0.25) is 15.9 Å². The van der Waals surface area contributed by atoms with E-state index in [1.165, 1.54) is 25.2 Å². The first kappa shape index (κ1) is 12.5. The minimum absolute atomic E-state index is 0.0383. The molecule has 0 aromatic heterocycles. The van der Waals surface area contributed by atoms with Crippen molar-refractivity contribution in [3.63, 3.8) is 0 Å². The van der Waals surface area contributed by atoms with Crippen molar-refractivity contribution >= 4 is 21.6 Å². The molecule has 16 heavy (non-hydrogen) atoms.